The quantitative estimate of drug-likeness (QED) is 0.808. The van der Waals surface area contributed by atoms with Crippen LogP contribution in [-0.2, 0) is 6.42 Å². The van der Waals surface area contributed by atoms with E-state index in [1.807, 2.05) is 38.2 Å². The van der Waals surface area contributed by atoms with E-state index in [1.165, 1.54) is 6.07 Å². The second kappa shape index (κ2) is 6.70. The van der Waals surface area contributed by atoms with Gasteiger partial charge in [0.15, 0.2) is 0 Å². The molecule has 0 aliphatic heterocycles. The molecule has 0 radical (unpaired) electrons. The molecule has 1 nitrogen and oxygen atoms in total. The van der Waals surface area contributed by atoms with E-state index in [0.717, 1.165) is 26.2 Å². The minimum atomic E-state index is -0.246. The highest BCUT2D eigenvalue weighted by atomic mass is 79.9. The number of rotatable bonds is 4. The Kier molecular flexibility index (Phi) is 5.19. The summed E-state index contributed by atoms with van der Waals surface area (Å²) in [6, 6.07) is 11.0. The van der Waals surface area contributed by atoms with Gasteiger partial charge in [-0.2, -0.15) is 0 Å². The Bertz CT molecular complexity index is 595. The Morgan fingerprint density at radius 2 is 2.00 bits per heavy atom. The van der Waals surface area contributed by atoms with Gasteiger partial charge < -0.3 is 5.32 Å². The molecular weight excluding hydrogens is 341 g/mol. The van der Waals surface area contributed by atoms with Crippen LogP contribution in [0.15, 0.2) is 40.9 Å². The van der Waals surface area contributed by atoms with Gasteiger partial charge >= 0.3 is 0 Å². The maximum absolute atomic E-state index is 13.5. The van der Waals surface area contributed by atoms with Gasteiger partial charge in [-0.3, -0.25) is 0 Å². The summed E-state index contributed by atoms with van der Waals surface area (Å²) in [7, 11) is 1.87. The molecule has 0 saturated heterocycles. The zero-order chi connectivity index (χ0) is 14.7. The molecule has 1 N–H and O–H groups in total. The van der Waals surface area contributed by atoms with Crippen LogP contribution in [0, 0.1) is 12.7 Å². The smallest absolute Gasteiger partial charge is 0.124 e. The molecule has 20 heavy (non-hydrogen) atoms. The largest absolute Gasteiger partial charge is 0.313 e. The molecule has 4 heteroatoms. The van der Waals surface area contributed by atoms with E-state index in [0.29, 0.717) is 6.42 Å². The molecule has 0 aliphatic carbocycles. The minimum Gasteiger partial charge on any atom is -0.313 e. The summed E-state index contributed by atoms with van der Waals surface area (Å²) in [5.41, 5.74) is 3.08. The Morgan fingerprint density at radius 1 is 1.25 bits per heavy atom. The van der Waals surface area contributed by atoms with Crippen molar-refractivity contribution < 1.29 is 4.39 Å². The van der Waals surface area contributed by atoms with Crippen molar-refractivity contribution in [2.75, 3.05) is 7.05 Å². The molecule has 0 heterocycles. The first kappa shape index (κ1) is 15.5. The Balaban J connectivity index is 2.28. The average molecular weight is 357 g/mol. The normalized spacial score (nSPS) is 12.4. The van der Waals surface area contributed by atoms with Crippen LogP contribution in [0.3, 0.4) is 0 Å². The summed E-state index contributed by atoms with van der Waals surface area (Å²) in [6.07, 6.45) is 0.714. The van der Waals surface area contributed by atoms with E-state index in [2.05, 4.69) is 21.2 Å². The third kappa shape index (κ3) is 3.81. The highest BCUT2D eigenvalue weighted by Gasteiger charge is 2.14. The highest BCUT2D eigenvalue weighted by molar-refractivity contribution is 9.10. The van der Waals surface area contributed by atoms with E-state index < -0.39 is 0 Å². The predicted octanol–water partition coefficient (Wildman–Crippen LogP) is 5.05. The molecule has 106 valence electrons. The van der Waals surface area contributed by atoms with Gasteiger partial charge in [0.05, 0.1) is 0 Å². The Labute approximate surface area is 132 Å². The number of aryl methyl sites for hydroxylation is 1. The monoisotopic (exact) mass is 355 g/mol. The number of halogens is 3. The number of hydrogen-bond donors (Lipinski definition) is 1. The van der Waals surface area contributed by atoms with Crippen LogP contribution < -0.4 is 5.32 Å². The maximum Gasteiger partial charge on any atom is 0.124 e. The van der Waals surface area contributed by atoms with Crippen molar-refractivity contribution in [1.82, 2.24) is 5.32 Å². The third-order valence-corrected chi connectivity index (χ3v) is 4.08. The van der Waals surface area contributed by atoms with E-state index in [9.17, 15) is 4.39 Å². The van der Waals surface area contributed by atoms with E-state index >= 15 is 0 Å². The van der Waals surface area contributed by atoms with Gasteiger partial charge in [0.1, 0.15) is 5.82 Å². The van der Waals surface area contributed by atoms with Crippen molar-refractivity contribution in [2.45, 2.75) is 19.4 Å². The van der Waals surface area contributed by atoms with Gasteiger partial charge in [-0.1, -0.05) is 39.7 Å². The maximum atomic E-state index is 13.5. The summed E-state index contributed by atoms with van der Waals surface area (Å²) in [5, 5.41) is 3.97. The zero-order valence-corrected chi connectivity index (χ0v) is 13.7. The highest BCUT2D eigenvalue weighted by Crippen LogP contribution is 2.26. The predicted molar refractivity (Wildman–Crippen MR) is 85.8 cm³/mol. The number of benzene rings is 2. The summed E-state index contributed by atoms with van der Waals surface area (Å²) in [6.45, 7) is 2.01. The van der Waals surface area contributed by atoms with Gasteiger partial charge in [0.25, 0.3) is 0 Å². The first-order valence-electron chi connectivity index (χ1n) is 6.38. The molecule has 0 aromatic heterocycles. The van der Waals surface area contributed by atoms with Crippen LogP contribution >= 0.6 is 27.5 Å². The molecule has 2 aromatic carbocycles. The van der Waals surface area contributed by atoms with Crippen molar-refractivity contribution in [3.8, 4) is 0 Å². The van der Waals surface area contributed by atoms with Crippen molar-refractivity contribution >= 4 is 27.5 Å². The lowest BCUT2D eigenvalue weighted by atomic mass is 9.98. The number of nitrogens with one attached hydrogen (secondary N) is 1. The van der Waals surface area contributed by atoms with Crippen LogP contribution in [0.5, 0.6) is 0 Å². The average Bonchev–Trinajstić information content (AvgIpc) is 2.36. The van der Waals surface area contributed by atoms with Crippen LogP contribution in [0.1, 0.15) is 22.7 Å². The molecule has 0 fully saturated rings. The van der Waals surface area contributed by atoms with Crippen LogP contribution in [0.2, 0.25) is 5.02 Å². The topological polar surface area (TPSA) is 12.0 Å². The summed E-state index contributed by atoms with van der Waals surface area (Å²) < 4.78 is 14.3. The molecule has 1 unspecified atom stereocenters. The van der Waals surface area contributed by atoms with Crippen LogP contribution in [-0.4, -0.2) is 7.05 Å². The lowest BCUT2D eigenvalue weighted by Crippen LogP contribution is -2.19. The first-order valence-corrected chi connectivity index (χ1v) is 7.55. The summed E-state index contributed by atoms with van der Waals surface area (Å²) >= 11 is 9.60. The van der Waals surface area contributed by atoms with Crippen LogP contribution in [0.25, 0.3) is 0 Å². The lowest BCUT2D eigenvalue weighted by molar-refractivity contribution is 0.576. The van der Waals surface area contributed by atoms with Gasteiger partial charge in [0, 0.05) is 15.5 Å². The van der Waals surface area contributed by atoms with Gasteiger partial charge in [-0.25, -0.2) is 4.39 Å². The standard InChI is InChI=1S/C16H16BrClFN/c1-10-3-4-11(15(18)5-10)8-16(20-2)12-6-13(17)9-14(19)7-12/h3-7,9,16,20H,8H2,1-2H3. The molecule has 2 rings (SSSR count). The molecule has 0 bridgehead atoms. The van der Waals surface area contributed by atoms with Crippen molar-refractivity contribution in [3.63, 3.8) is 0 Å². The van der Waals surface area contributed by atoms with Gasteiger partial charge in [-0.05, 0) is 61.3 Å². The van der Waals surface area contributed by atoms with Crippen molar-refractivity contribution in [1.29, 1.82) is 0 Å². The lowest BCUT2D eigenvalue weighted by Gasteiger charge is -2.18. The van der Waals surface area contributed by atoms with Crippen LogP contribution in [0.4, 0.5) is 4.39 Å². The van der Waals surface area contributed by atoms with E-state index in [-0.39, 0.29) is 11.9 Å². The summed E-state index contributed by atoms with van der Waals surface area (Å²) in [4.78, 5) is 0. The molecule has 2 aromatic rings. The van der Waals surface area contributed by atoms with Gasteiger partial charge in [0.2, 0.25) is 0 Å². The van der Waals surface area contributed by atoms with Crippen molar-refractivity contribution in [3.05, 3.63) is 68.4 Å². The SMILES string of the molecule is CNC(Cc1ccc(C)cc1Cl)c1cc(F)cc(Br)c1. The molecule has 1 atom stereocenters. The number of hydrogen-bond acceptors (Lipinski definition) is 1. The zero-order valence-electron chi connectivity index (χ0n) is 11.4. The van der Waals surface area contributed by atoms with E-state index in [1.54, 1.807) is 6.07 Å². The summed E-state index contributed by atoms with van der Waals surface area (Å²) in [5.74, 6) is -0.246. The van der Waals surface area contributed by atoms with Crippen molar-refractivity contribution in [2.24, 2.45) is 0 Å². The fraction of sp³-hybridized carbons (Fsp3) is 0.250. The number of likely N-dealkylation sites (N-methyl/N-ethyl adjacent to an activating group) is 1. The molecule has 0 spiro atoms. The second-order valence-electron chi connectivity index (χ2n) is 4.84. The Morgan fingerprint density at radius 3 is 2.60 bits per heavy atom. The first-order chi connectivity index (χ1) is 9.49. The Hall–Kier alpha value is -0.900. The molecule has 0 saturated carbocycles. The van der Waals surface area contributed by atoms with Gasteiger partial charge in [-0.15, -0.1) is 0 Å². The van der Waals surface area contributed by atoms with E-state index in [4.69, 9.17) is 11.6 Å². The molecule has 0 aliphatic rings. The fourth-order valence-corrected chi connectivity index (χ4v) is 3.00. The second-order valence-corrected chi connectivity index (χ2v) is 6.17. The molecular formula is C16H16BrClFN. The molecule has 0 amide bonds. The minimum absolute atomic E-state index is 0.0159. The third-order valence-electron chi connectivity index (χ3n) is 3.27. The fourth-order valence-electron chi connectivity index (χ4n) is 2.20.